The number of allylic oxidation sites excluding steroid dienone is 1. The fourth-order valence-electron chi connectivity index (χ4n) is 0.997. The first-order chi connectivity index (χ1) is 5.56. The van der Waals surface area contributed by atoms with E-state index in [0.717, 1.165) is 5.56 Å². The van der Waals surface area contributed by atoms with Gasteiger partial charge in [0.1, 0.15) is 5.82 Å². The van der Waals surface area contributed by atoms with Gasteiger partial charge in [-0.1, -0.05) is 32.1 Å². The van der Waals surface area contributed by atoms with E-state index in [1.54, 1.807) is 12.1 Å². The molecular formula is C11H13F. The van der Waals surface area contributed by atoms with Crippen LogP contribution in [0.4, 0.5) is 4.39 Å². The van der Waals surface area contributed by atoms with Gasteiger partial charge in [0.05, 0.1) is 0 Å². The minimum absolute atomic E-state index is 0.0757. The molecular weight excluding hydrogens is 151 g/mol. The van der Waals surface area contributed by atoms with Crippen molar-refractivity contribution in [3.8, 4) is 0 Å². The highest BCUT2D eigenvalue weighted by molar-refractivity contribution is 5.28. The number of hydrogen-bond donors (Lipinski definition) is 0. The molecule has 0 spiro atoms. The Morgan fingerprint density at radius 3 is 2.17 bits per heavy atom. The Hall–Kier alpha value is -1.11. The molecule has 0 bridgehead atoms. The van der Waals surface area contributed by atoms with Gasteiger partial charge >= 0.3 is 0 Å². The van der Waals surface area contributed by atoms with Gasteiger partial charge in [-0.15, -0.1) is 6.58 Å². The maximum atomic E-state index is 12.6. The molecule has 0 heterocycles. The molecule has 0 unspecified atom stereocenters. The van der Waals surface area contributed by atoms with E-state index in [2.05, 4.69) is 6.58 Å². The van der Waals surface area contributed by atoms with Crippen molar-refractivity contribution < 1.29 is 4.39 Å². The van der Waals surface area contributed by atoms with Crippen LogP contribution in [0, 0.1) is 5.82 Å². The van der Waals surface area contributed by atoms with Gasteiger partial charge < -0.3 is 0 Å². The summed E-state index contributed by atoms with van der Waals surface area (Å²) < 4.78 is 12.6. The molecule has 0 atom stereocenters. The SMILES string of the molecule is C=CC(C)(C)c1ccc(F)cc1. The van der Waals surface area contributed by atoms with Gasteiger partial charge in [-0.2, -0.15) is 0 Å². The van der Waals surface area contributed by atoms with Crippen LogP contribution in [-0.2, 0) is 5.41 Å². The van der Waals surface area contributed by atoms with Crippen LogP contribution in [0.3, 0.4) is 0 Å². The zero-order valence-corrected chi connectivity index (χ0v) is 7.47. The second-order valence-corrected chi connectivity index (χ2v) is 3.43. The molecule has 0 aliphatic heterocycles. The van der Waals surface area contributed by atoms with E-state index >= 15 is 0 Å². The summed E-state index contributed by atoms with van der Waals surface area (Å²) in [6.45, 7) is 7.84. The van der Waals surface area contributed by atoms with Crippen LogP contribution < -0.4 is 0 Å². The zero-order valence-electron chi connectivity index (χ0n) is 7.47. The van der Waals surface area contributed by atoms with Crippen molar-refractivity contribution in [2.45, 2.75) is 19.3 Å². The van der Waals surface area contributed by atoms with Crippen LogP contribution in [0.15, 0.2) is 36.9 Å². The normalized spacial score (nSPS) is 11.2. The molecule has 0 fully saturated rings. The Morgan fingerprint density at radius 1 is 1.25 bits per heavy atom. The first-order valence-corrected chi connectivity index (χ1v) is 3.96. The minimum Gasteiger partial charge on any atom is -0.207 e. The molecule has 0 saturated heterocycles. The highest BCUT2D eigenvalue weighted by Gasteiger charge is 2.14. The summed E-state index contributed by atoms with van der Waals surface area (Å²) >= 11 is 0. The zero-order chi connectivity index (χ0) is 9.19. The molecule has 0 amide bonds. The Kier molecular flexibility index (Phi) is 2.32. The van der Waals surface area contributed by atoms with Gasteiger partial charge in [0.2, 0.25) is 0 Å². The Balaban J connectivity index is 3.04. The molecule has 0 aromatic heterocycles. The summed E-state index contributed by atoms with van der Waals surface area (Å²) in [6.07, 6.45) is 1.86. The fourth-order valence-corrected chi connectivity index (χ4v) is 0.997. The van der Waals surface area contributed by atoms with E-state index in [4.69, 9.17) is 0 Å². The molecule has 0 nitrogen and oxygen atoms in total. The molecule has 1 aromatic rings. The predicted molar refractivity (Wildman–Crippen MR) is 49.6 cm³/mol. The molecule has 1 aromatic carbocycles. The van der Waals surface area contributed by atoms with Crippen LogP contribution in [0.2, 0.25) is 0 Å². The Bertz CT molecular complexity index is 270. The lowest BCUT2D eigenvalue weighted by Crippen LogP contribution is -2.12. The third-order valence-electron chi connectivity index (χ3n) is 2.10. The monoisotopic (exact) mass is 164 g/mol. The molecule has 12 heavy (non-hydrogen) atoms. The molecule has 64 valence electrons. The number of rotatable bonds is 2. The van der Waals surface area contributed by atoms with Crippen molar-refractivity contribution in [3.63, 3.8) is 0 Å². The summed E-state index contributed by atoms with van der Waals surface area (Å²) in [7, 11) is 0. The largest absolute Gasteiger partial charge is 0.207 e. The summed E-state index contributed by atoms with van der Waals surface area (Å²) in [5, 5.41) is 0. The first kappa shape index (κ1) is 8.98. The summed E-state index contributed by atoms with van der Waals surface area (Å²) in [4.78, 5) is 0. The van der Waals surface area contributed by atoms with Crippen molar-refractivity contribution in [3.05, 3.63) is 48.3 Å². The van der Waals surface area contributed by atoms with E-state index in [-0.39, 0.29) is 11.2 Å². The average Bonchev–Trinajstić information content (AvgIpc) is 2.05. The number of halogens is 1. The molecule has 1 heteroatoms. The van der Waals surface area contributed by atoms with Crippen LogP contribution >= 0.6 is 0 Å². The highest BCUT2D eigenvalue weighted by atomic mass is 19.1. The standard InChI is InChI=1S/C11H13F/c1-4-11(2,3)9-5-7-10(12)8-6-9/h4-8H,1H2,2-3H3. The average molecular weight is 164 g/mol. The first-order valence-electron chi connectivity index (χ1n) is 3.96. The third kappa shape index (κ3) is 1.73. The van der Waals surface area contributed by atoms with Gasteiger partial charge in [-0.25, -0.2) is 4.39 Å². The summed E-state index contributed by atoms with van der Waals surface area (Å²) in [5.74, 6) is -0.196. The second kappa shape index (κ2) is 3.10. The molecule has 0 saturated carbocycles. The quantitative estimate of drug-likeness (QED) is 0.588. The maximum absolute atomic E-state index is 12.6. The van der Waals surface area contributed by atoms with Crippen molar-refractivity contribution in [2.24, 2.45) is 0 Å². The van der Waals surface area contributed by atoms with Crippen molar-refractivity contribution in [2.75, 3.05) is 0 Å². The second-order valence-electron chi connectivity index (χ2n) is 3.43. The fraction of sp³-hybridized carbons (Fsp3) is 0.273. The summed E-state index contributed by atoms with van der Waals surface area (Å²) in [5.41, 5.74) is 1.01. The molecule has 0 radical (unpaired) electrons. The van der Waals surface area contributed by atoms with Crippen molar-refractivity contribution >= 4 is 0 Å². The van der Waals surface area contributed by atoms with E-state index in [0.29, 0.717) is 0 Å². The predicted octanol–water partition coefficient (Wildman–Crippen LogP) is 3.29. The molecule has 0 aliphatic rings. The van der Waals surface area contributed by atoms with Gasteiger partial charge in [0.15, 0.2) is 0 Å². The number of hydrogen-bond acceptors (Lipinski definition) is 0. The molecule has 0 aliphatic carbocycles. The van der Waals surface area contributed by atoms with E-state index < -0.39 is 0 Å². The lowest BCUT2D eigenvalue weighted by Gasteiger charge is -2.19. The van der Waals surface area contributed by atoms with Gasteiger partial charge in [0.25, 0.3) is 0 Å². The highest BCUT2D eigenvalue weighted by Crippen LogP contribution is 2.23. The molecule has 1 rings (SSSR count). The molecule has 0 N–H and O–H groups in total. The number of benzene rings is 1. The lowest BCUT2D eigenvalue weighted by atomic mass is 9.85. The third-order valence-corrected chi connectivity index (χ3v) is 2.10. The van der Waals surface area contributed by atoms with Crippen LogP contribution in [-0.4, -0.2) is 0 Å². The van der Waals surface area contributed by atoms with Crippen LogP contribution in [0.5, 0.6) is 0 Å². The van der Waals surface area contributed by atoms with E-state index in [1.807, 2.05) is 19.9 Å². The van der Waals surface area contributed by atoms with Gasteiger partial charge in [-0.05, 0) is 17.7 Å². The van der Waals surface area contributed by atoms with Gasteiger partial charge in [0, 0.05) is 5.41 Å². The van der Waals surface area contributed by atoms with Crippen molar-refractivity contribution in [1.29, 1.82) is 0 Å². The Morgan fingerprint density at radius 2 is 1.75 bits per heavy atom. The topological polar surface area (TPSA) is 0 Å². The smallest absolute Gasteiger partial charge is 0.123 e. The van der Waals surface area contributed by atoms with E-state index in [1.165, 1.54) is 12.1 Å². The minimum atomic E-state index is -0.196. The summed E-state index contributed by atoms with van der Waals surface area (Å²) in [6, 6.07) is 6.52. The van der Waals surface area contributed by atoms with E-state index in [9.17, 15) is 4.39 Å². The van der Waals surface area contributed by atoms with Crippen LogP contribution in [0.25, 0.3) is 0 Å². The van der Waals surface area contributed by atoms with Crippen LogP contribution in [0.1, 0.15) is 19.4 Å². The lowest BCUT2D eigenvalue weighted by molar-refractivity contribution is 0.620. The van der Waals surface area contributed by atoms with Gasteiger partial charge in [-0.3, -0.25) is 0 Å². The Labute approximate surface area is 72.7 Å². The maximum Gasteiger partial charge on any atom is 0.123 e. The van der Waals surface area contributed by atoms with Crippen molar-refractivity contribution in [1.82, 2.24) is 0 Å².